The van der Waals surface area contributed by atoms with E-state index in [1.165, 1.54) is 36.3 Å². The number of methoxy groups -OCH3 is 1. The van der Waals surface area contributed by atoms with Crippen molar-refractivity contribution in [2.24, 2.45) is 0 Å². The number of amides is 1. The maximum Gasteiger partial charge on any atom is 0.340 e. The number of aromatic nitrogens is 4. The predicted molar refractivity (Wildman–Crippen MR) is 142 cm³/mol. The summed E-state index contributed by atoms with van der Waals surface area (Å²) in [5.74, 6) is -1.78. The number of carbonyl (C=O) groups excluding carboxylic acids is 2. The molecule has 0 saturated heterocycles. The molecule has 1 amide bonds. The van der Waals surface area contributed by atoms with Gasteiger partial charge in [0.25, 0.3) is 0 Å². The first-order valence-corrected chi connectivity index (χ1v) is 12.0. The van der Waals surface area contributed by atoms with Crippen molar-refractivity contribution in [3.8, 4) is 5.69 Å². The predicted octanol–water partition coefficient (Wildman–Crippen LogP) is 4.09. The molecular weight excluding hydrogens is 511 g/mol. The van der Waals surface area contributed by atoms with E-state index >= 15 is 0 Å². The second kappa shape index (κ2) is 12.6. The summed E-state index contributed by atoms with van der Waals surface area (Å²) in [7, 11) is 1.19. The number of halogens is 2. The normalized spacial score (nSPS) is 11.8. The van der Waals surface area contributed by atoms with Crippen molar-refractivity contribution in [1.82, 2.24) is 25.5 Å². The number of ether oxygens (including phenoxy) is 1. The van der Waals surface area contributed by atoms with Crippen LogP contribution in [0.4, 0.5) is 10.1 Å². The molecule has 0 unspecified atom stereocenters. The summed E-state index contributed by atoms with van der Waals surface area (Å²) in [6, 6.07) is 18.7. The van der Waals surface area contributed by atoms with Gasteiger partial charge in [-0.15, -0.1) is 5.10 Å². The van der Waals surface area contributed by atoms with Gasteiger partial charge in [-0.1, -0.05) is 41.9 Å². The zero-order chi connectivity index (χ0) is 26.9. The Kier molecular flexibility index (Phi) is 8.78. The van der Waals surface area contributed by atoms with E-state index < -0.39 is 11.8 Å². The molecule has 1 atom stereocenters. The smallest absolute Gasteiger partial charge is 0.340 e. The van der Waals surface area contributed by atoms with E-state index in [-0.39, 0.29) is 17.5 Å². The number of nitrogens with one attached hydrogen (secondary N) is 2. The summed E-state index contributed by atoms with van der Waals surface area (Å²) in [6.07, 6.45) is 5.01. The highest BCUT2D eigenvalue weighted by molar-refractivity contribution is 6.30. The van der Waals surface area contributed by atoms with E-state index in [4.69, 9.17) is 11.6 Å². The highest BCUT2D eigenvalue weighted by atomic mass is 35.5. The Labute approximate surface area is 223 Å². The van der Waals surface area contributed by atoms with Crippen LogP contribution in [0.25, 0.3) is 11.8 Å². The number of esters is 1. The Hall–Kier alpha value is -4.57. The van der Waals surface area contributed by atoms with Gasteiger partial charge >= 0.3 is 5.97 Å². The molecule has 194 valence electrons. The molecule has 3 aromatic carbocycles. The Morgan fingerprint density at radius 2 is 1.95 bits per heavy atom. The lowest BCUT2D eigenvalue weighted by molar-refractivity contribution is -0.117. The van der Waals surface area contributed by atoms with Crippen LogP contribution in [0.1, 0.15) is 21.5 Å². The lowest BCUT2D eigenvalue weighted by Gasteiger charge is -2.20. The quantitative estimate of drug-likeness (QED) is 0.233. The van der Waals surface area contributed by atoms with Gasteiger partial charge in [0.1, 0.15) is 12.1 Å². The minimum absolute atomic E-state index is 0.153. The van der Waals surface area contributed by atoms with Crippen LogP contribution >= 0.6 is 11.6 Å². The molecule has 1 heterocycles. The molecule has 0 aliphatic carbocycles. The van der Waals surface area contributed by atoms with Gasteiger partial charge in [-0.05, 0) is 64.9 Å². The summed E-state index contributed by atoms with van der Waals surface area (Å²) in [4.78, 5) is 24.6. The molecule has 0 spiro atoms. The molecule has 0 bridgehead atoms. The summed E-state index contributed by atoms with van der Waals surface area (Å²) in [6.45, 7) is 0.304. The second-order valence-corrected chi connectivity index (χ2v) is 8.69. The molecule has 11 heteroatoms. The number of benzene rings is 3. The van der Waals surface area contributed by atoms with E-state index in [0.717, 1.165) is 5.56 Å². The number of rotatable bonds is 10. The standard InChI is InChI=1S/C27H24ClFN6O3/c1-38-27(37)23-10-9-21(15-24(23)29)30-16-22(13-18-5-3-2-4-6-18)32-26(36)12-7-19-14-20(28)8-11-25(19)35-17-31-33-34-35/h2-12,14-15,17,22,30H,13,16H2,1H3,(H,32,36)/b12-7+/t22-/m0/s1. The SMILES string of the molecule is COC(=O)c1ccc(NC[C@H](Cc2ccccc2)NC(=O)/C=C/c2cc(Cl)ccc2-n2cnnn2)cc1F. The monoisotopic (exact) mass is 534 g/mol. The van der Waals surface area contributed by atoms with E-state index in [0.29, 0.717) is 34.9 Å². The highest BCUT2D eigenvalue weighted by Gasteiger charge is 2.15. The minimum Gasteiger partial charge on any atom is -0.465 e. The molecule has 0 aliphatic heterocycles. The van der Waals surface area contributed by atoms with Crippen molar-refractivity contribution >= 4 is 35.2 Å². The van der Waals surface area contributed by atoms with Crippen LogP contribution in [0.5, 0.6) is 0 Å². The fraction of sp³-hybridized carbons (Fsp3) is 0.148. The zero-order valence-electron chi connectivity index (χ0n) is 20.3. The van der Waals surface area contributed by atoms with Gasteiger partial charge in [0.05, 0.1) is 24.4 Å². The van der Waals surface area contributed by atoms with Crippen molar-refractivity contribution < 1.29 is 18.7 Å². The van der Waals surface area contributed by atoms with Crippen molar-refractivity contribution in [2.45, 2.75) is 12.5 Å². The molecule has 9 nitrogen and oxygen atoms in total. The largest absolute Gasteiger partial charge is 0.465 e. The molecule has 4 rings (SSSR count). The average Bonchev–Trinajstić information content (AvgIpc) is 3.46. The number of nitrogens with zero attached hydrogens (tertiary/aromatic N) is 4. The number of hydrogen-bond acceptors (Lipinski definition) is 7. The van der Waals surface area contributed by atoms with E-state index in [9.17, 15) is 14.0 Å². The summed E-state index contributed by atoms with van der Waals surface area (Å²) in [5.41, 5.74) is 2.64. The molecule has 1 aromatic heterocycles. The first-order chi connectivity index (χ1) is 18.4. The maximum atomic E-state index is 14.4. The molecule has 38 heavy (non-hydrogen) atoms. The molecule has 0 fully saturated rings. The first kappa shape index (κ1) is 26.5. The molecule has 0 aliphatic rings. The number of carbonyl (C=O) groups is 2. The van der Waals surface area contributed by atoms with Crippen molar-refractivity contribution in [1.29, 1.82) is 0 Å². The van der Waals surface area contributed by atoms with Crippen molar-refractivity contribution in [3.63, 3.8) is 0 Å². The van der Waals surface area contributed by atoms with Crippen LogP contribution in [0.15, 0.2) is 79.1 Å². The van der Waals surface area contributed by atoms with E-state index in [1.54, 1.807) is 30.3 Å². The first-order valence-electron chi connectivity index (χ1n) is 11.6. The third kappa shape index (κ3) is 7.01. The molecule has 0 saturated carbocycles. The number of hydrogen-bond donors (Lipinski definition) is 2. The zero-order valence-corrected chi connectivity index (χ0v) is 21.1. The van der Waals surface area contributed by atoms with E-state index in [2.05, 4.69) is 30.9 Å². The molecule has 2 N–H and O–H groups in total. The van der Waals surface area contributed by atoms with Gasteiger partial charge in [-0.3, -0.25) is 4.79 Å². The summed E-state index contributed by atoms with van der Waals surface area (Å²) in [5, 5.41) is 17.8. The summed E-state index contributed by atoms with van der Waals surface area (Å²) >= 11 is 6.16. The Morgan fingerprint density at radius 3 is 2.66 bits per heavy atom. The third-order valence-electron chi connectivity index (χ3n) is 5.60. The number of anilines is 1. The fourth-order valence-corrected chi connectivity index (χ4v) is 3.95. The highest BCUT2D eigenvalue weighted by Crippen LogP contribution is 2.20. The van der Waals surface area contributed by atoms with Crippen LogP contribution in [-0.4, -0.2) is 51.8 Å². The van der Waals surface area contributed by atoms with Crippen molar-refractivity contribution in [2.75, 3.05) is 19.0 Å². The van der Waals surface area contributed by atoms with Gasteiger partial charge < -0.3 is 15.4 Å². The van der Waals surface area contributed by atoms with Gasteiger partial charge in [0.2, 0.25) is 5.91 Å². The fourth-order valence-electron chi connectivity index (χ4n) is 3.77. The minimum atomic E-state index is -0.752. The Morgan fingerprint density at radius 1 is 1.13 bits per heavy atom. The van der Waals surface area contributed by atoms with Gasteiger partial charge in [-0.2, -0.15) is 4.68 Å². The van der Waals surface area contributed by atoms with Crippen molar-refractivity contribution in [3.05, 3.63) is 107 Å². The number of tetrazole rings is 1. The third-order valence-corrected chi connectivity index (χ3v) is 5.83. The van der Waals surface area contributed by atoms with Crippen LogP contribution in [0.2, 0.25) is 5.02 Å². The van der Waals surface area contributed by atoms with Crippen LogP contribution in [-0.2, 0) is 16.0 Å². The Balaban J connectivity index is 1.48. The second-order valence-electron chi connectivity index (χ2n) is 8.25. The average molecular weight is 535 g/mol. The van der Waals surface area contributed by atoms with Gasteiger partial charge in [-0.25, -0.2) is 9.18 Å². The lowest BCUT2D eigenvalue weighted by atomic mass is 10.1. The van der Waals surface area contributed by atoms with E-state index in [1.807, 2.05) is 30.3 Å². The topological polar surface area (TPSA) is 111 Å². The van der Waals surface area contributed by atoms with Crippen LogP contribution in [0, 0.1) is 5.82 Å². The summed E-state index contributed by atoms with van der Waals surface area (Å²) < 4.78 is 20.4. The van der Waals surface area contributed by atoms with Crippen LogP contribution < -0.4 is 10.6 Å². The van der Waals surface area contributed by atoms with Crippen LogP contribution in [0.3, 0.4) is 0 Å². The van der Waals surface area contributed by atoms with Gasteiger partial charge in [0.15, 0.2) is 0 Å². The maximum absolute atomic E-state index is 14.4. The molecule has 0 radical (unpaired) electrons. The lowest BCUT2D eigenvalue weighted by Crippen LogP contribution is -2.40. The molecular formula is C27H24ClFN6O3. The Bertz CT molecular complexity index is 1430. The molecule has 4 aromatic rings. The van der Waals surface area contributed by atoms with Gasteiger partial charge in [0, 0.05) is 28.9 Å².